The number of fused-ring (bicyclic) bond motifs is 1. The molecule has 0 atom stereocenters. The number of nitro groups is 1. The van der Waals surface area contributed by atoms with Gasteiger partial charge in [0.2, 0.25) is 5.65 Å². The summed E-state index contributed by atoms with van der Waals surface area (Å²) in [5.74, 6) is 0. The van der Waals surface area contributed by atoms with E-state index in [1.54, 1.807) is 6.07 Å². The molecule has 0 N–H and O–H groups in total. The molecular formula is C7H6N4O2. The minimum absolute atomic E-state index is 0.0660. The summed E-state index contributed by atoms with van der Waals surface area (Å²) in [4.78, 5) is 13.9. The minimum atomic E-state index is -0.491. The van der Waals surface area contributed by atoms with Gasteiger partial charge in [0.25, 0.3) is 0 Å². The van der Waals surface area contributed by atoms with Crippen LogP contribution < -0.4 is 0 Å². The molecule has 6 heteroatoms. The van der Waals surface area contributed by atoms with Crippen LogP contribution in [0.5, 0.6) is 0 Å². The second-order valence-corrected chi connectivity index (χ2v) is 2.61. The molecule has 0 aliphatic heterocycles. The van der Waals surface area contributed by atoms with Crippen molar-refractivity contribution in [3.05, 3.63) is 34.3 Å². The van der Waals surface area contributed by atoms with E-state index < -0.39 is 4.92 Å². The molecule has 0 radical (unpaired) electrons. The van der Waals surface area contributed by atoms with Crippen molar-refractivity contribution in [3.63, 3.8) is 0 Å². The smallest absolute Gasteiger partial charge is 0.258 e. The Labute approximate surface area is 73.0 Å². The van der Waals surface area contributed by atoms with E-state index in [1.165, 1.54) is 16.9 Å². The van der Waals surface area contributed by atoms with Gasteiger partial charge < -0.3 is 0 Å². The second-order valence-electron chi connectivity index (χ2n) is 2.61. The van der Waals surface area contributed by atoms with E-state index >= 15 is 0 Å². The van der Waals surface area contributed by atoms with Crippen LogP contribution in [0.2, 0.25) is 0 Å². The lowest BCUT2D eigenvalue weighted by Gasteiger charge is -1.94. The predicted octanol–water partition coefficient (Wildman–Crippen LogP) is 0.946. The van der Waals surface area contributed by atoms with Crippen LogP contribution in [0.1, 0.15) is 5.69 Å². The molecule has 0 aliphatic rings. The van der Waals surface area contributed by atoms with Crippen molar-refractivity contribution in [1.82, 2.24) is 14.6 Å². The van der Waals surface area contributed by atoms with E-state index in [4.69, 9.17) is 0 Å². The molecule has 13 heavy (non-hydrogen) atoms. The van der Waals surface area contributed by atoms with Gasteiger partial charge in [-0.25, -0.2) is 9.50 Å². The predicted molar refractivity (Wildman–Crippen MR) is 44.4 cm³/mol. The van der Waals surface area contributed by atoms with Gasteiger partial charge in [0.1, 0.15) is 6.20 Å². The minimum Gasteiger partial charge on any atom is -0.258 e. The Hall–Kier alpha value is -1.98. The lowest BCUT2D eigenvalue weighted by molar-refractivity contribution is -0.383. The summed E-state index contributed by atoms with van der Waals surface area (Å²) in [6.07, 6.45) is 2.73. The average Bonchev–Trinajstić information content (AvgIpc) is 2.48. The fourth-order valence-corrected chi connectivity index (χ4v) is 1.13. The Morgan fingerprint density at radius 1 is 1.62 bits per heavy atom. The maximum Gasteiger partial charge on any atom is 0.333 e. The lowest BCUT2D eigenvalue weighted by Crippen LogP contribution is -1.95. The number of hydrogen-bond donors (Lipinski definition) is 0. The zero-order valence-corrected chi connectivity index (χ0v) is 6.84. The van der Waals surface area contributed by atoms with Crippen molar-refractivity contribution in [2.24, 2.45) is 0 Å². The maximum atomic E-state index is 10.5. The highest BCUT2D eigenvalue weighted by Crippen LogP contribution is 2.16. The highest BCUT2D eigenvalue weighted by Gasteiger charge is 2.15. The zero-order valence-electron chi connectivity index (χ0n) is 6.84. The van der Waals surface area contributed by atoms with E-state index in [-0.39, 0.29) is 11.3 Å². The third-order valence-electron chi connectivity index (χ3n) is 1.77. The second kappa shape index (κ2) is 2.51. The van der Waals surface area contributed by atoms with E-state index in [9.17, 15) is 10.1 Å². The fraction of sp³-hybridized carbons (Fsp3) is 0.143. The topological polar surface area (TPSA) is 73.3 Å². The number of hydrogen-bond acceptors (Lipinski definition) is 4. The van der Waals surface area contributed by atoms with Gasteiger partial charge in [-0.1, -0.05) is 0 Å². The SMILES string of the molecule is Cc1ccnc2c([N+](=O)[O-])cnn12. The van der Waals surface area contributed by atoms with Crippen molar-refractivity contribution in [2.45, 2.75) is 6.92 Å². The highest BCUT2D eigenvalue weighted by molar-refractivity contribution is 5.57. The van der Waals surface area contributed by atoms with Crippen molar-refractivity contribution < 1.29 is 4.92 Å². The molecule has 0 unspecified atom stereocenters. The Bertz CT molecular complexity index is 476. The Morgan fingerprint density at radius 3 is 3.08 bits per heavy atom. The molecule has 0 aliphatic carbocycles. The molecule has 0 fully saturated rings. The van der Waals surface area contributed by atoms with Crippen LogP contribution in [0.15, 0.2) is 18.5 Å². The van der Waals surface area contributed by atoms with Gasteiger partial charge in [-0.2, -0.15) is 5.10 Å². The summed E-state index contributed by atoms with van der Waals surface area (Å²) < 4.78 is 1.44. The standard InChI is InChI=1S/C7H6N4O2/c1-5-2-3-8-7-6(11(12)13)4-9-10(5)7/h2-4H,1H3. The van der Waals surface area contributed by atoms with Gasteiger partial charge in [0.15, 0.2) is 0 Å². The molecule has 0 saturated heterocycles. The number of aryl methyl sites for hydroxylation is 1. The van der Waals surface area contributed by atoms with Gasteiger partial charge in [-0.15, -0.1) is 0 Å². The van der Waals surface area contributed by atoms with Crippen molar-refractivity contribution >= 4 is 11.3 Å². The van der Waals surface area contributed by atoms with Gasteiger partial charge in [0, 0.05) is 11.9 Å². The molecule has 0 bridgehead atoms. The van der Waals surface area contributed by atoms with Crippen LogP contribution in [-0.2, 0) is 0 Å². The molecule has 0 saturated carbocycles. The first-order valence-corrected chi connectivity index (χ1v) is 3.64. The van der Waals surface area contributed by atoms with Crippen LogP contribution in [-0.4, -0.2) is 19.5 Å². The lowest BCUT2D eigenvalue weighted by atomic mass is 10.4. The van der Waals surface area contributed by atoms with Crippen molar-refractivity contribution in [2.75, 3.05) is 0 Å². The Kier molecular flexibility index (Phi) is 1.48. The molecule has 66 valence electrons. The molecule has 0 amide bonds. The molecular weight excluding hydrogens is 172 g/mol. The van der Waals surface area contributed by atoms with E-state index in [1.807, 2.05) is 6.92 Å². The average molecular weight is 178 g/mol. The number of nitrogens with zero attached hydrogens (tertiary/aromatic N) is 4. The molecule has 0 spiro atoms. The van der Waals surface area contributed by atoms with Gasteiger partial charge >= 0.3 is 5.69 Å². The normalized spacial score (nSPS) is 10.5. The quantitative estimate of drug-likeness (QED) is 0.481. The molecule has 0 aromatic carbocycles. The summed E-state index contributed by atoms with van der Waals surface area (Å²) in [5.41, 5.74) is 1.03. The third-order valence-corrected chi connectivity index (χ3v) is 1.77. The third kappa shape index (κ3) is 1.03. The summed E-state index contributed by atoms with van der Waals surface area (Å²) >= 11 is 0. The summed E-state index contributed by atoms with van der Waals surface area (Å²) in [5, 5.41) is 14.4. The molecule has 2 heterocycles. The summed E-state index contributed by atoms with van der Waals surface area (Å²) in [7, 11) is 0. The number of aromatic nitrogens is 3. The number of rotatable bonds is 1. The Balaban J connectivity index is 2.83. The fourth-order valence-electron chi connectivity index (χ4n) is 1.13. The van der Waals surface area contributed by atoms with Crippen LogP contribution in [0.4, 0.5) is 5.69 Å². The first-order chi connectivity index (χ1) is 6.20. The van der Waals surface area contributed by atoms with Gasteiger partial charge in [-0.3, -0.25) is 10.1 Å². The first-order valence-electron chi connectivity index (χ1n) is 3.64. The molecule has 2 rings (SSSR count). The zero-order chi connectivity index (χ0) is 9.42. The van der Waals surface area contributed by atoms with Crippen LogP contribution in [0.25, 0.3) is 5.65 Å². The van der Waals surface area contributed by atoms with Crippen molar-refractivity contribution in [1.29, 1.82) is 0 Å². The summed E-state index contributed by atoms with van der Waals surface area (Å²) in [6, 6.07) is 1.74. The molecule has 2 aromatic rings. The highest BCUT2D eigenvalue weighted by atomic mass is 16.6. The van der Waals surface area contributed by atoms with E-state index in [2.05, 4.69) is 10.1 Å². The van der Waals surface area contributed by atoms with Crippen LogP contribution in [0.3, 0.4) is 0 Å². The van der Waals surface area contributed by atoms with Crippen LogP contribution >= 0.6 is 0 Å². The Morgan fingerprint density at radius 2 is 2.38 bits per heavy atom. The van der Waals surface area contributed by atoms with Crippen molar-refractivity contribution in [3.8, 4) is 0 Å². The largest absolute Gasteiger partial charge is 0.333 e. The molecule has 2 aromatic heterocycles. The first kappa shape index (κ1) is 7.66. The van der Waals surface area contributed by atoms with Crippen LogP contribution in [0, 0.1) is 17.0 Å². The maximum absolute atomic E-state index is 10.5. The van der Waals surface area contributed by atoms with Gasteiger partial charge in [0.05, 0.1) is 4.92 Å². The summed E-state index contributed by atoms with van der Waals surface area (Å²) in [6.45, 7) is 1.81. The molecule has 6 nitrogen and oxygen atoms in total. The monoisotopic (exact) mass is 178 g/mol. The van der Waals surface area contributed by atoms with E-state index in [0.29, 0.717) is 0 Å². The van der Waals surface area contributed by atoms with E-state index in [0.717, 1.165) is 5.69 Å². The van der Waals surface area contributed by atoms with Gasteiger partial charge in [-0.05, 0) is 13.0 Å².